The van der Waals surface area contributed by atoms with Gasteiger partial charge in [-0.05, 0) is 52.9 Å². The van der Waals surface area contributed by atoms with E-state index in [1.807, 2.05) is 54.6 Å². The van der Waals surface area contributed by atoms with Crippen molar-refractivity contribution in [3.63, 3.8) is 0 Å². The molecule has 0 unspecified atom stereocenters. The van der Waals surface area contributed by atoms with Crippen LogP contribution in [0.5, 0.6) is 0 Å². The molecule has 0 aliphatic carbocycles. The zero-order valence-corrected chi connectivity index (χ0v) is 20.2. The topological polar surface area (TPSA) is 32.3 Å². The Hall–Kier alpha value is -2.80. The van der Waals surface area contributed by atoms with Gasteiger partial charge in [0.15, 0.2) is 0 Å². The number of carbonyl (C=O) groups excluding carboxylic acids is 1. The molecule has 1 aliphatic rings. The van der Waals surface area contributed by atoms with Crippen LogP contribution in [0.25, 0.3) is 16.7 Å². The second-order valence-electron chi connectivity index (χ2n) is 8.32. The van der Waals surface area contributed by atoms with Crippen LogP contribution in [0.1, 0.15) is 17.5 Å². The van der Waals surface area contributed by atoms with Gasteiger partial charge in [-0.15, -0.1) is 0 Å². The zero-order valence-electron chi connectivity index (χ0n) is 18.7. The van der Waals surface area contributed by atoms with Crippen molar-refractivity contribution >= 4 is 34.7 Å². The summed E-state index contributed by atoms with van der Waals surface area (Å²) in [6, 6.07) is 22.2. The second-order valence-corrected chi connectivity index (χ2v) is 9.11. The van der Waals surface area contributed by atoms with E-state index in [4.69, 9.17) is 23.2 Å². The van der Waals surface area contributed by atoms with Gasteiger partial charge < -0.3 is 10.2 Å². The van der Waals surface area contributed by atoms with Crippen LogP contribution in [0.2, 0.25) is 10.0 Å². The quantitative estimate of drug-likeness (QED) is 0.381. The summed E-state index contributed by atoms with van der Waals surface area (Å²) in [7, 11) is 0. The Kier molecular flexibility index (Phi) is 7.85. The van der Waals surface area contributed by atoms with E-state index >= 15 is 0 Å². The molecule has 1 heterocycles. The van der Waals surface area contributed by atoms with Gasteiger partial charge in [-0.1, -0.05) is 83.9 Å². The first kappa shape index (κ1) is 25.3. The Morgan fingerprint density at radius 3 is 2.34 bits per heavy atom. The molecule has 1 N–H and O–H groups in total. The number of amides is 1. The first-order valence-electron chi connectivity index (χ1n) is 11.1. The van der Waals surface area contributed by atoms with E-state index in [2.05, 4.69) is 5.32 Å². The van der Waals surface area contributed by atoms with E-state index in [1.165, 1.54) is 0 Å². The van der Waals surface area contributed by atoms with Crippen LogP contribution in [-0.2, 0) is 11.3 Å². The van der Waals surface area contributed by atoms with Crippen LogP contribution < -0.4 is 5.32 Å². The van der Waals surface area contributed by atoms with Crippen LogP contribution in [0.15, 0.2) is 78.4 Å². The summed E-state index contributed by atoms with van der Waals surface area (Å²) in [6.07, 6.45) is -4.05. The molecule has 1 amide bonds. The molecular weight excluding hydrogens is 496 g/mol. The molecule has 0 radical (unpaired) electrons. The molecule has 8 heteroatoms. The third-order valence-electron chi connectivity index (χ3n) is 5.84. The maximum atomic E-state index is 13.6. The highest BCUT2D eigenvalue weighted by molar-refractivity contribution is 6.42. The van der Waals surface area contributed by atoms with Gasteiger partial charge in [0.25, 0.3) is 5.91 Å². The Balaban J connectivity index is 1.73. The summed E-state index contributed by atoms with van der Waals surface area (Å²) in [5.74, 6) is -0.675. The number of nitrogens with one attached hydrogen (secondary N) is 1. The van der Waals surface area contributed by atoms with Crippen molar-refractivity contribution in [1.29, 1.82) is 0 Å². The van der Waals surface area contributed by atoms with Gasteiger partial charge >= 0.3 is 6.18 Å². The molecule has 3 aromatic carbocycles. The molecule has 1 aliphatic heterocycles. The number of rotatable bonds is 6. The molecule has 35 heavy (non-hydrogen) atoms. The van der Waals surface area contributed by atoms with Crippen LogP contribution >= 0.6 is 23.2 Å². The van der Waals surface area contributed by atoms with E-state index in [0.717, 1.165) is 27.2 Å². The molecule has 182 valence electrons. The molecule has 0 spiro atoms. The van der Waals surface area contributed by atoms with Gasteiger partial charge in [0.2, 0.25) is 0 Å². The van der Waals surface area contributed by atoms with Crippen molar-refractivity contribution in [1.82, 2.24) is 10.2 Å². The van der Waals surface area contributed by atoms with Crippen molar-refractivity contribution in [3.8, 4) is 11.1 Å². The molecule has 0 fully saturated rings. The molecular formula is C27H23Cl2F3N2O. The molecule has 3 aromatic rings. The summed E-state index contributed by atoms with van der Waals surface area (Å²) < 4.78 is 40.5. The molecule has 3 nitrogen and oxygen atoms in total. The third kappa shape index (κ3) is 6.26. The molecule has 4 rings (SSSR count). The fourth-order valence-electron chi connectivity index (χ4n) is 4.21. The molecule has 0 saturated carbocycles. The summed E-state index contributed by atoms with van der Waals surface area (Å²) in [5, 5.41) is 3.49. The normalized spacial score (nSPS) is 14.2. The Labute approximate surface area is 212 Å². The van der Waals surface area contributed by atoms with Crippen molar-refractivity contribution in [2.45, 2.75) is 19.1 Å². The minimum absolute atomic E-state index is 0.140. The number of hydrogen-bond donors (Lipinski definition) is 1. The maximum absolute atomic E-state index is 13.6. The van der Waals surface area contributed by atoms with Crippen molar-refractivity contribution in [2.75, 3.05) is 19.6 Å². The smallest absolute Gasteiger partial charge is 0.325 e. The molecule has 0 saturated heterocycles. The highest BCUT2D eigenvalue weighted by Gasteiger charge is 2.35. The van der Waals surface area contributed by atoms with Gasteiger partial charge in [0.1, 0.15) is 6.54 Å². The number of benzene rings is 3. The maximum Gasteiger partial charge on any atom is 0.406 e. The van der Waals surface area contributed by atoms with E-state index in [0.29, 0.717) is 24.1 Å². The Bertz CT molecular complexity index is 1240. The van der Waals surface area contributed by atoms with Crippen molar-refractivity contribution < 1.29 is 18.0 Å². The van der Waals surface area contributed by atoms with E-state index in [-0.39, 0.29) is 23.1 Å². The second kappa shape index (κ2) is 10.9. The minimum atomic E-state index is -4.57. The van der Waals surface area contributed by atoms with Gasteiger partial charge in [0.05, 0.1) is 10.0 Å². The summed E-state index contributed by atoms with van der Waals surface area (Å²) >= 11 is 12.3. The van der Waals surface area contributed by atoms with E-state index in [1.54, 1.807) is 18.2 Å². The van der Waals surface area contributed by atoms with E-state index in [9.17, 15) is 18.0 Å². The van der Waals surface area contributed by atoms with Crippen LogP contribution in [0.4, 0.5) is 13.2 Å². The first-order chi connectivity index (χ1) is 16.7. The zero-order chi connectivity index (χ0) is 25.0. The number of halogens is 5. The van der Waals surface area contributed by atoms with Crippen LogP contribution in [0, 0.1) is 0 Å². The number of carbonyl (C=O) groups is 1. The Morgan fingerprint density at radius 2 is 1.60 bits per heavy atom. The van der Waals surface area contributed by atoms with Crippen molar-refractivity contribution in [2.24, 2.45) is 0 Å². The van der Waals surface area contributed by atoms with Gasteiger partial charge in [-0.25, -0.2) is 0 Å². The predicted molar refractivity (Wildman–Crippen MR) is 134 cm³/mol. The number of hydrogen-bond acceptors (Lipinski definition) is 2. The SMILES string of the molecule is O=C(C1=C(c2cccc(-c3ccccc3)c2)CCNC1)N(Cc1cccc(Cl)c1Cl)CC(F)(F)F. The van der Waals surface area contributed by atoms with Gasteiger partial charge in [-0.2, -0.15) is 13.2 Å². The van der Waals surface area contributed by atoms with Crippen molar-refractivity contribution in [3.05, 3.63) is 99.5 Å². The van der Waals surface area contributed by atoms with Crippen LogP contribution in [-0.4, -0.2) is 36.6 Å². The lowest BCUT2D eigenvalue weighted by atomic mass is 9.91. The fraction of sp³-hybridized carbons (Fsp3) is 0.222. The lowest BCUT2D eigenvalue weighted by molar-refractivity contribution is -0.160. The monoisotopic (exact) mass is 518 g/mol. The average molecular weight is 519 g/mol. The standard InChI is InChI=1S/C27H23Cl2F3N2O/c28-24-11-5-10-21(25(24)29)16-34(17-27(30,31)32)26(35)23-15-33-13-12-22(23)20-9-4-8-19(14-20)18-6-2-1-3-7-18/h1-11,14,33H,12-13,15-17H2. The summed E-state index contributed by atoms with van der Waals surface area (Å²) in [5.41, 5.74) is 4.24. The van der Waals surface area contributed by atoms with Gasteiger partial charge in [-0.3, -0.25) is 4.79 Å². The highest BCUT2D eigenvalue weighted by atomic mass is 35.5. The largest absolute Gasteiger partial charge is 0.406 e. The molecule has 0 bridgehead atoms. The lowest BCUT2D eigenvalue weighted by Gasteiger charge is -2.29. The predicted octanol–water partition coefficient (Wildman–Crippen LogP) is 7.00. The van der Waals surface area contributed by atoms with Gasteiger partial charge in [0, 0.05) is 18.7 Å². The summed E-state index contributed by atoms with van der Waals surface area (Å²) in [6.45, 7) is -0.892. The number of alkyl halides is 3. The van der Waals surface area contributed by atoms with Crippen LogP contribution in [0.3, 0.4) is 0 Å². The Morgan fingerprint density at radius 1 is 0.914 bits per heavy atom. The van der Waals surface area contributed by atoms with E-state index < -0.39 is 18.6 Å². The fourth-order valence-corrected chi connectivity index (χ4v) is 4.59. The molecule has 0 aromatic heterocycles. The average Bonchev–Trinajstić information content (AvgIpc) is 2.86. The number of nitrogens with zero attached hydrogens (tertiary/aromatic N) is 1. The third-order valence-corrected chi connectivity index (χ3v) is 6.70. The first-order valence-corrected chi connectivity index (χ1v) is 11.9. The lowest BCUT2D eigenvalue weighted by Crippen LogP contribution is -2.42. The summed E-state index contributed by atoms with van der Waals surface area (Å²) in [4.78, 5) is 14.4. The minimum Gasteiger partial charge on any atom is -0.325 e. The molecule has 0 atom stereocenters. The highest BCUT2D eigenvalue weighted by Crippen LogP contribution is 2.32.